The lowest BCUT2D eigenvalue weighted by Crippen LogP contribution is -2.33. The fourth-order valence-electron chi connectivity index (χ4n) is 2.42. The van der Waals surface area contributed by atoms with Crippen LogP contribution in [-0.2, 0) is 6.54 Å². The van der Waals surface area contributed by atoms with E-state index in [4.69, 9.17) is 11.6 Å². The highest BCUT2D eigenvalue weighted by atomic mass is 35.5. The molecule has 0 heterocycles. The van der Waals surface area contributed by atoms with Crippen LogP contribution < -0.4 is 5.32 Å². The highest BCUT2D eigenvalue weighted by Gasteiger charge is 2.25. The first kappa shape index (κ1) is 12.8. The molecule has 0 bridgehead atoms. The molecule has 4 heteroatoms. The number of aliphatic hydroxyl groups is 1. The molecule has 0 spiro atoms. The molecule has 0 aromatic heterocycles. The summed E-state index contributed by atoms with van der Waals surface area (Å²) in [4.78, 5) is 0. The van der Waals surface area contributed by atoms with Gasteiger partial charge in [-0.3, -0.25) is 0 Å². The molecule has 1 aromatic rings. The molecule has 1 aliphatic carbocycles. The number of rotatable bonds is 4. The van der Waals surface area contributed by atoms with Gasteiger partial charge in [-0.25, -0.2) is 4.39 Å². The minimum Gasteiger partial charge on any atom is -0.396 e. The van der Waals surface area contributed by atoms with Crippen LogP contribution in [-0.4, -0.2) is 17.8 Å². The highest BCUT2D eigenvalue weighted by Crippen LogP contribution is 2.25. The lowest BCUT2D eigenvalue weighted by molar-refractivity contribution is 0.205. The Balaban J connectivity index is 1.91. The van der Waals surface area contributed by atoms with E-state index in [1.807, 2.05) is 0 Å². The van der Waals surface area contributed by atoms with E-state index in [1.54, 1.807) is 12.1 Å². The van der Waals surface area contributed by atoms with Crippen LogP contribution in [0, 0.1) is 11.7 Å². The summed E-state index contributed by atoms with van der Waals surface area (Å²) in [6.07, 6.45) is 3.34. The summed E-state index contributed by atoms with van der Waals surface area (Å²) in [6, 6.07) is 5.13. The first-order valence-corrected chi connectivity index (χ1v) is 6.36. The molecular weight excluding hydrogens is 241 g/mol. The minimum absolute atomic E-state index is 0.162. The van der Waals surface area contributed by atoms with Gasteiger partial charge in [-0.05, 0) is 36.5 Å². The molecule has 1 aromatic carbocycles. The average Bonchev–Trinajstić information content (AvgIpc) is 2.78. The quantitative estimate of drug-likeness (QED) is 0.869. The van der Waals surface area contributed by atoms with Crippen molar-refractivity contribution in [1.29, 1.82) is 0 Å². The van der Waals surface area contributed by atoms with E-state index in [0.717, 1.165) is 24.8 Å². The van der Waals surface area contributed by atoms with Crippen molar-refractivity contribution in [1.82, 2.24) is 5.32 Å². The first-order chi connectivity index (χ1) is 8.20. The molecule has 0 aliphatic heterocycles. The van der Waals surface area contributed by atoms with Gasteiger partial charge in [0, 0.05) is 19.2 Å². The van der Waals surface area contributed by atoms with Gasteiger partial charge in [-0.1, -0.05) is 24.1 Å². The minimum atomic E-state index is -0.385. The van der Waals surface area contributed by atoms with E-state index in [0.29, 0.717) is 18.5 Å². The molecule has 1 fully saturated rings. The van der Waals surface area contributed by atoms with Gasteiger partial charge in [-0.15, -0.1) is 0 Å². The maximum absolute atomic E-state index is 13.0. The summed E-state index contributed by atoms with van der Waals surface area (Å²) in [5.74, 6) is -0.0320. The zero-order chi connectivity index (χ0) is 12.3. The van der Waals surface area contributed by atoms with Crippen LogP contribution in [0.25, 0.3) is 0 Å². The Labute approximate surface area is 106 Å². The maximum Gasteiger partial charge on any atom is 0.141 e. The Kier molecular flexibility index (Phi) is 4.37. The van der Waals surface area contributed by atoms with Crippen LogP contribution >= 0.6 is 11.6 Å². The molecule has 1 aliphatic rings. The van der Waals surface area contributed by atoms with Crippen molar-refractivity contribution in [3.05, 3.63) is 34.6 Å². The van der Waals surface area contributed by atoms with Gasteiger partial charge in [0.05, 0.1) is 5.02 Å². The predicted octanol–water partition coefficient (Wildman–Crippen LogP) is 2.73. The largest absolute Gasteiger partial charge is 0.396 e. The molecular formula is C13H17ClFNO. The van der Waals surface area contributed by atoms with Crippen molar-refractivity contribution in [3.8, 4) is 0 Å². The summed E-state index contributed by atoms with van der Waals surface area (Å²) in [6.45, 7) is 0.906. The third kappa shape index (κ3) is 3.18. The summed E-state index contributed by atoms with van der Waals surface area (Å²) in [5, 5.41) is 12.8. The smallest absolute Gasteiger partial charge is 0.141 e. The van der Waals surface area contributed by atoms with Gasteiger partial charge in [0.15, 0.2) is 0 Å². The molecule has 2 nitrogen and oxygen atoms in total. The monoisotopic (exact) mass is 257 g/mol. The highest BCUT2D eigenvalue weighted by molar-refractivity contribution is 6.30. The number of hydrogen-bond acceptors (Lipinski definition) is 2. The van der Waals surface area contributed by atoms with Crippen LogP contribution in [0.3, 0.4) is 0 Å². The van der Waals surface area contributed by atoms with E-state index >= 15 is 0 Å². The van der Waals surface area contributed by atoms with Crippen molar-refractivity contribution in [2.45, 2.75) is 31.8 Å². The Morgan fingerprint density at radius 3 is 2.94 bits per heavy atom. The summed E-state index contributed by atoms with van der Waals surface area (Å²) in [7, 11) is 0. The van der Waals surface area contributed by atoms with Crippen LogP contribution in [0.4, 0.5) is 4.39 Å². The van der Waals surface area contributed by atoms with Crippen LogP contribution in [0.5, 0.6) is 0 Å². The first-order valence-electron chi connectivity index (χ1n) is 5.99. The second-order valence-corrected chi connectivity index (χ2v) is 5.02. The van der Waals surface area contributed by atoms with E-state index in [9.17, 15) is 9.50 Å². The number of aliphatic hydroxyl groups excluding tert-OH is 1. The van der Waals surface area contributed by atoms with Gasteiger partial charge >= 0.3 is 0 Å². The predicted molar refractivity (Wildman–Crippen MR) is 66.5 cm³/mol. The van der Waals surface area contributed by atoms with Gasteiger partial charge < -0.3 is 10.4 Å². The molecule has 94 valence electrons. The maximum atomic E-state index is 13.0. The molecule has 17 heavy (non-hydrogen) atoms. The second-order valence-electron chi connectivity index (χ2n) is 4.61. The lowest BCUT2D eigenvalue weighted by Gasteiger charge is -2.19. The lowest BCUT2D eigenvalue weighted by atomic mass is 10.0. The van der Waals surface area contributed by atoms with E-state index < -0.39 is 0 Å². The Morgan fingerprint density at radius 1 is 1.41 bits per heavy atom. The Hall–Kier alpha value is -0.640. The van der Waals surface area contributed by atoms with Crippen molar-refractivity contribution in [2.75, 3.05) is 6.61 Å². The molecule has 2 atom stereocenters. The molecule has 2 N–H and O–H groups in total. The van der Waals surface area contributed by atoms with Crippen molar-refractivity contribution < 1.29 is 9.50 Å². The van der Waals surface area contributed by atoms with E-state index in [1.165, 1.54) is 6.07 Å². The Morgan fingerprint density at radius 2 is 2.24 bits per heavy atom. The molecule has 0 saturated heterocycles. The second kappa shape index (κ2) is 5.80. The molecule has 2 rings (SSSR count). The number of hydrogen-bond donors (Lipinski definition) is 2. The summed E-state index contributed by atoms with van der Waals surface area (Å²) in [5.41, 5.74) is 0.972. The standard InChI is InChI=1S/C13H17ClFNO/c14-11-6-9(4-5-12(11)15)7-16-13-3-1-2-10(13)8-17/h4-6,10,13,16-17H,1-3,7-8H2. The van der Waals surface area contributed by atoms with Crippen molar-refractivity contribution in [3.63, 3.8) is 0 Å². The third-order valence-corrected chi connectivity index (χ3v) is 3.74. The molecule has 1 saturated carbocycles. The molecule has 2 unspecified atom stereocenters. The fourth-order valence-corrected chi connectivity index (χ4v) is 2.63. The number of halogens is 2. The zero-order valence-electron chi connectivity index (χ0n) is 9.63. The average molecular weight is 258 g/mol. The molecule has 0 radical (unpaired) electrons. The third-order valence-electron chi connectivity index (χ3n) is 3.45. The van der Waals surface area contributed by atoms with Crippen LogP contribution in [0.2, 0.25) is 5.02 Å². The van der Waals surface area contributed by atoms with Gasteiger partial charge in [0.25, 0.3) is 0 Å². The molecule has 0 amide bonds. The number of benzene rings is 1. The van der Waals surface area contributed by atoms with Gasteiger partial charge in [0.1, 0.15) is 5.82 Å². The van der Waals surface area contributed by atoms with Gasteiger partial charge in [-0.2, -0.15) is 0 Å². The van der Waals surface area contributed by atoms with Gasteiger partial charge in [0.2, 0.25) is 0 Å². The van der Waals surface area contributed by atoms with Crippen molar-refractivity contribution in [2.24, 2.45) is 5.92 Å². The van der Waals surface area contributed by atoms with Crippen molar-refractivity contribution >= 4 is 11.6 Å². The Bertz CT molecular complexity index is 386. The van der Waals surface area contributed by atoms with Crippen LogP contribution in [0.1, 0.15) is 24.8 Å². The summed E-state index contributed by atoms with van der Waals surface area (Å²) < 4.78 is 13.0. The fraction of sp³-hybridized carbons (Fsp3) is 0.538. The SMILES string of the molecule is OCC1CCCC1NCc1ccc(F)c(Cl)c1. The normalized spacial score (nSPS) is 24.2. The zero-order valence-corrected chi connectivity index (χ0v) is 10.4. The topological polar surface area (TPSA) is 32.3 Å². The summed E-state index contributed by atoms with van der Waals surface area (Å²) >= 11 is 5.72. The van der Waals surface area contributed by atoms with Crippen LogP contribution in [0.15, 0.2) is 18.2 Å². The van der Waals surface area contributed by atoms with E-state index in [-0.39, 0.29) is 17.4 Å². The van der Waals surface area contributed by atoms with E-state index in [2.05, 4.69) is 5.32 Å². The number of nitrogens with one attached hydrogen (secondary N) is 1.